The van der Waals surface area contributed by atoms with Gasteiger partial charge < -0.3 is 9.47 Å². The number of aromatic nitrogens is 1. The monoisotopic (exact) mass is 231 g/mol. The predicted molar refractivity (Wildman–Crippen MR) is 64.0 cm³/mol. The molecule has 0 atom stereocenters. The fourth-order valence-electron chi connectivity index (χ4n) is 1.58. The van der Waals surface area contributed by atoms with Crippen LogP contribution in [0.4, 0.5) is 0 Å². The first kappa shape index (κ1) is 11.4. The van der Waals surface area contributed by atoms with Gasteiger partial charge in [0.2, 0.25) is 5.88 Å². The zero-order valence-electron chi connectivity index (χ0n) is 9.77. The Bertz CT molecular complexity index is 551. The van der Waals surface area contributed by atoms with Crippen LogP contribution in [-0.2, 0) is 9.53 Å². The van der Waals surface area contributed by atoms with Crippen molar-refractivity contribution in [1.82, 2.24) is 4.98 Å². The Kier molecular flexibility index (Phi) is 3.23. The zero-order valence-corrected chi connectivity index (χ0v) is 9.77. The van der Waals surface area contributed by atoms with Gasteiger partial charge in [0.05, 0.1) is 12.6 Å². The van der Waals surface area contributed by atoms with Crippen molar-refractivity contribution in [3.63, 3.8) is 0 Å². The van der Waals surface area contributed by atoms with Crippen LogP contribution in [0, 0.1) is 6.92 Å². The van der Waals surface area contributed by atoms with Crippen LogP contribution in [0.1, 0.15) is 5.56 Å². The second-order valence-corrected chi connectivity index (χ2v) is 3.66. The number of pyridine rings is 1. The molecule has 0 bridgehead atoms. The molecular formula is C13H13NO3. The molecule has 2 rings (SSSR count). The van der Waals surface area contributed by atoms with Crippen LogP contribution in [0.15, 0.2) is 30.3 Å². The summed E-state index contributed by atoms with van der Waals surface area (Å²) >= 11 is 0. The van der Waals surface area contributed by atoms with Crippen molar-refractivity contribution in [2.24, 2.45) is 0 Å². The SMILES string of the molecule is COC(=O)COc1cc(C)c2ccccc2n1. The van der Waals surface area contributed by atoms with E-state index in [2.05, 4.69) is 9.72 Å². The molecule has 1 aromatic carbocycles. The second-order valence-electron chi connectivity index (χ2n) is 3.66. The van der Waals surface area contributed by atoms with Gasteiger partial charge in [-0.25, -0.2) is 9.78 Å². The number of ether oxygens (including phenoxy) is 2. The van der Waals surface area contributed by atoms with E-state index < -0.39 is 5.97 Å². The van der Waals surface area contributed by atoms with Crippen molar-refractivity contribution in [1.29, 1.82) is 0 Å². The summed E-state index contributed by atoms with van der Waals surface area (Å²) in [5, 5.41) is 1.08. The molecule has 1 heterocycles. The average molecular weight is 231 g/mol. The summed E-state index contributed by atoms with van der Waals surface area (Å²) in [6.45, 7) is 1.86. The Morgan fingerprint density at radius 2 is 2.12 bits per heavy atom. The average Bonchev–Trinajstić information content (AvgIpc) is 2.36. The topological polar surface area (TPSA) is 48.4 Å². The summed E-state index contributed by atoms with van der Waals surface area (Å²) in [4.78, 5) is 15.3. The van der Waals surface area contributed by atoms with Crippen molar-refractivity contribution in [3.05, 3.63) is 35.9 Å². The van der Waals surface area contributed by atoms with Crippen LogP contribution in [0.5, 0.6) is 5.88 Å². The van der Waals surface area contributed by atoms with E-state index in [1.165, 1.54) is 7.11 Å². The second kappa shape index (κ2) is 4.82. The molecule has 0 radical (unpaired) electrons. The molecule has 88 valence electrons. The van der Waals surface area contributed by atoms with Crippen molar-refractivity contribution in [2.75, 3.05) is 13.7 Å². The quantitative estimate of drug-likeness (QED) is 0.759. The fourth-order valence-corrected chi connectivity index (χ4v) is 1.58. The first-order chi connectivity index (χ1) is 8.20. The Labute approximate surface area is 99.2 Å². The number of carbonyl (C=O) groups is 1. The maximum Gasteiger partial charge on any atom is 0.343 e. The Balaban J connectivity index is 2.27. The van der Waals surface area contributed by atoms with E-state index in [0.29, 0.717) is 5.88 Å². The lowest BCUT2D eigenvalue weighted by Gasteiger charge is -2.07. The summed E-state index contributed by atoms with van der Waals surface area (Å²) in [5.41, 5.74) is 1.92. The fraction of sp³-hybridized carbons (Fsp3) is 0.231. The molecule has 0 saturated heterocycles. The number of methoxy groups -OCH3 is 1. The molecule has 0 unspecified atom stereocenters. The number of hydrogen-bond donors (Lipinski definition) is 0. The van der Waals surface area contributed by atoms with Crippen LogP contribution in [0.2, 0.25) is 0 Å². The summed E-state index contributed by atoms with van der Waals surface area (Å²) in [7, 11) is 1.32. The number of esters is 1. The van der Waals surface area contributed by atoms with E-state index >= 15 is 0 Å². The third kappa shape index (κ3) is 2.53. The molecule has 4 heteroatoms. The molecule has 2 aromatic rings. The van der Waals surface area contributed by atoms with Crippen molar-refractivity contribution >= 4 is 16.9 Å². The number of benzene rings is 1. The standard InChI is InChI=1S/C13H13NO3/c1-9-7-12(17-8-13(15)16-2)14-11-6-4-3-5-10(9)11/h3-7H,8H2,1-2H3. The number of fused-ring (bicyclic) bond motifs is 1. The lowest BCUT2D eigenvalue weighted by molar-refractivity contribution is -0.143. The highest BCUT2D eigenvalue weighted by Crippen LogP contribution is 2.20. The summed E-state index contributed by atoms with van der Waals surface area (Å²) in [6.07, 6.45) is 0. The first-order valence-corrected chi connectivity index (χ1v) is 5.26. The van der Waals surface area contributed by atoms with Crippen LogP contribution < -0.4 is 4.74 Å². The van der Waals surface area contributed by atoms with Gasteiger partial charge in [0.25, 0.3) is 0 Å². The largest absolute Gasteiger partial charge is 0.466 e. The van der Waals surface area contributed by atoms with Gasteiger partial charge in [0.15, 0.2) is 6.61 Å². The van der Waals surface area contributed by atoms with E-state index in [9.17, 15) is 4.79 Å². The number of hydrogen-bond acceptors (Lipinski definition) is 4. The molecule has 0 aliphatic carbocycles. The molecule has 0 aliphatic rings. The van der Waals surface area contributed by atoms with Crippen LogP contribution in [0.25, 0.3) is 10.9 Å². The predicted octanol–water partition coefficient (Wildman–Crippen LogP) is 2.10. The highest BCUT2D eigenvalue weighted by atomic mass is 16.6. The highest BCUT2D eigenvalue weighted by Gasteiger charge is 2.05. The van der Waals surface area contributed by atoms with Gasteiger partial charge in [0, 0.05) is 11.5 Å². The number of carbonyl (C=O) groups excluding carboxylic acids is 1. The van der Waals surface area contributed by atoms with Gasteiger partial charge in [0.1, 0.15) is 0 Å². The van der Waals surface area contributed by atoms with Crippen LogP contribution in [0.3, 0.4) is 0 Å². The Morgan fingerprint density at radius 3 is 2.88 bits per heavy atom. The minimum atomic E-state index is -0.419. The molecule has 0 fully saturated rings. The molecular weight excluding hydrogens is 218 g/mol. The third-order valence-corrected chi connectivity index (χ3v) is 2.47. The van der Waals surface area contributed by atoms with E-state index in [4.69, 9.17) is 4.74 Å². The van der Waals surface area contributed by atoms with E-state index in [1.807, 2.05) is 37.3 Å². The van der Waals surface area contributed by atoms with E-state index in [0.717, 1.165) is 16.5 Å². The molecule has 0 aliphatic heterocycles. The van der Waals surface area contributed by atoms with Crippen molar-refractivity contribution in [2.45, 2.75) is 6.92 Å². The Morgan fingerprint density at radius 1 is 1.35 bits per heavy atom. The van der Waals surface area contributed by atoms with Gasteiger partial charge in [-0.3, -0.25) is 0 Å². The molecule has 0 N–H and O–H groups in total. The van der Waals surface area contributed by atoms with Crippen LogP contribution >= 0.6 is 0 Å². The van der Waals surface area contributed by atoms with Gasteiger partial charge in [-0.2, -0.15) is 0 Å². The molecule has 4 nitrogen and oxygen atoms in total. The minimum absolute atomic E-state index is 0.124. The van der Waals surface area contributed by atoms with Crippen molar-refractivity contribution in [3.8, 4) is 5.88 Å². The lowest BCUT2D eigenvalue weighted by Crippen LogP contribution is -2.13. The van der Waals surface area contributed by atoms with Crippen LogP contribution in [-0.4, -0.2) is 24.7 Å². The number of aryl methyl sites for hydroxylation is 1. The maximum atomic E-state index is 11.0. The Hall–Kier alpha value is -2.10. The van der Waals surface area contributed by atoms with Crippen molar-refractivity contribution < 1.29 is 14.3 Å². The molecule has 0 amide bonds. The highest BCUT2D eigenvalue weighted by molar-refractivity contribution is 5.82. The lowest BCUT2D eigenvalue weighted by atomic mass is 10.1. The number of rotatable bonds is 3. The molecule has 17 heavy (non-hydrogen) atoms. The minimum Gasteiger partial charge on any atom is -0.466 e. The van der Waals surface area contributed by atoms with E-state index in [1.54, 1.807) is 0 Å². The summed E-state index contributed by atoms with van der Waals surface area (Å²) in [5.74, 6) is 0.0178. The molecule has 1 aromatic heterocycles. The van der Waals surface area contributed by atoms with Gasteiger partial charge in [-0.1, -0.05) is 18.2 Å². The van der Waals surface area contributed by atoms with Gasteiger partial charge in [-0.05, 0) is 18.6 Å². The molecule has 0 saturated carbocycles. The van der Waals surface area contributed by atoms with Gasteiger partial charge in [-0.15, -0.1) is 0 Å². The maximum absolute atomic E-state index is 11.0. The first-order valence-electron chi connectivity index (χ1n) is 5.26. The summed E-state index contributed by atoms with van der Waals surface area (Å²) in [6, 6.07) is 9.60. The summed E-state index contributed by atoms with van der Waals surface area (Å²) < 4.78 is 9.76. The number of para-hydroxylation sites is 1. The zero-order chi connectivity index (χ0) is 12.3. The normalized spacial score (nSPS) is 10.2. The smallest absolute Gasteiger partial charge is 0.343 e. The number of nitrogens with zero attached hydrogens (tertiary/aromatic N) is 1. The van der Waals surface area contributed by atoms with E-state index in [-0.39, 0.29) is 6.61 Å². The third-order valence-electron chi connectivity index (χ3n) is 2.47. The molecule has 0 spiro atoms. The van der Waals surface area contributed by atoms with Gasteiger partial charge >= 0.3 is 5.97 Å².